The zero-order chi connectivity index (χ0) is 19.3. The highest BCUT2D eigenvalue weighted by atomic mass is 16.7. The average Bonchev–Trinajstić information content (AvgIpc) is 3.14. The molecule has 1 saturated heterocycles. The third kappa shape index (κ3) is 2.53. The summed E-state index contributed by atoms with van der Waals surface area (Å²) >= 11 is 0. The van der Waals surface area contributed by atoms with Crippen molar-refractivity contribution in [3.05, 3.63) is 41.5 Å². The lowest BCUT2D eigenvalue weighted by Gasteiger charge is -2.47. The summed E-state index contributed by atoms with van der Waals surface area (Å²) in [4.78, 5) is 11.3. The van der Waals surface area contributed by atoms with Crippen LogP contribution >= 0.6 is 0 Å². The fraction of sp³-hybridized carbons (Fsp3) is 0.421. The van der Waals surface area contributed by atoms with Crippen LogP contribution < -0.4 is 5.32 Å². The normalized spacial score (nSPS) is 32.9. The molecule has 0 aliphatic carbocycles. The Labute approximate surface area is 155 Å². The molecular formula is C19H21NO7. The molecule has 2 aromatic carbocycles. The quantitative estimate of drug-likeness (QED) is 0.514. The number of carbonyl (C=O) groups is 1. The van der Waals surface area contributed by atoms with E-state index in [1.807, 2.05) is 12.1 Å². The minimum Gasteiger partial charge on any atom is -0.479 e. The van der Waals surface area contributed by atoms with Crippen molar-refractivity contribution in [2.75, 3.05) is 19.0 Å². The van der Waals surface area contributed by atoms with E-state index in [1.165, 1.54) is 7.11 Å². The molecule has 8 heteroatoms. The molecule has 0 saturated carbocycles. The van der Waals surface area contributed by atoms with Gasteiger partial charge < -0.3 is 35.2 Å². The zero-order valence-corrected chi connectivity index (χ0v) is 14.6. The summed E-state index contributed by atoms with van der Waals surface area (Å²) in [6.45, 7) is 0.748. The van der Waals surface area contributed by atoms with Gasteiger partial charge in [0.2, 0.25) is 0 Å². The van der Waals surface area contributed by atoms with Crippen molar-refractivity contribution in [1.82, 2.24) is 0 Å². The Kier molecular flexibility index (Phi) is 4.32. The van der Waals surface area contributed by atoms with E-state index in [9.17, 15) is 25.2 Å². The SMILES string of the molecule is CO[C@@H]1O[C@H](C(=O)O)[C@@H](O)[C@H](O)[C@]1(O)c1cc2c(c3ccccc13)CCN2. The number of rotatable bonds is 3. The van der Waals surface area contributed by atoms with Gasteiger partial charge in [0.05, 0.1) is 0 Å². The molecule has 144 valence electrons. The lowest BCUT2D eigenvalue weighted by molar-refractivity contribution is -0.334. The second-order valence-corrected chi connectivity index (χ2v) is 6.90. The Bertz CT molecular complexity index is 897. The van der Waals surface area contributed by atoms with Gasteiger partial charge in [-0.2, -0.15) is 0 Å². The summed E-state index contributed by atoms with van der Waals surface area (Å²) in [7, 11) is 1.24. The van der Waals surface area contributed by atoms with Gasteiger partial charge in [-0.05, 0) is 28.8 Å². The third-order valence-corrected chi connectivity index (χ3v) is 5.45. The molecule has 8 nitrogen and oxygen atoms in total. The molecule has 1 fully saturated rings. The molecule has 2 aromatic rings. The maximum absolute atomic E-state index is 11.5. The van der Waals surface area contributed by atoms with Gasteiger partial charge in [0.15, 0.2) is 18.0 Å². The topological polar surface area (TPSA) is 128 Å². The number of benzene rings is 2. The van der Waals surface area contributed by atoms with Crippen LogP contribution in [-0.2, 0) is 26.3 Å². The summed E-state index contributed by atoms with van der Waals surface area (Å²) in [5, 5.41) is 46.6. The maximum Gasteiger partial charge on any atom is 0.335 e. The number of anilines is 1. The molecule has 0 amide bonds. The summed E-state index contributed by atoms with van der Waals surface area (Å²) < 4.78 is 10.5. The number of hydrogen-bond acceptors (Lipinski definition) is 7. The molecule has 0 spiro atoms. The van der Waals surface area contributed by atoms with Crippen molar-refractivity contribution < 1.29 is 34.7 Å². The van der Waals surface area contributed by atoms with E-state index < -0.39 is 36.2 Å². The van der Waals surface area contributed by atoms with Gasteiger partial charge in [-0.25, -0.2) is 4.79 Å². The number of aliphatic carboxylic acids is 1. The Morgan fingerprint density at radius 2 is 2.00 bits per heavy atom. The van der Waals surface area contributed by atoms with Gasteiger partial charge >= 0.3 is 5.97 Å². The van der Waals surface area contributed by atoms with E-state index in [1.54, 1.807) is 18.2 Å². The Morgan fingerprint density at radius 1 is 1.30 bits per heavy atom. The number of carboxylic acids is 1. The summed E-state index contributed by atoms with van der Waals surface area (Å²) in [5.41, 5.74) is 0.0450. The number of nitrogens with one attached hydrogen (secondary N) is 1. The smallest absolute Gasteiger partial charge is 0.335 e. The van der Waals surface area contributed by atoms with E-state index in [-0.39, 0.29) is 0 Å². The first-order valence-electron chi connectivity index (χ1n) is 8.68. The number of methoxy groups -OCH3 is 1. The first-order chi connectivity index (χ1) is 12.9. The van der Waals surface area contributed by atoms with Crippen molar-refractivity contribution >= 4 is 22.4 Å². The van der Waals surface area contributed by atoms with Crippen LogP contribution in [0, 0.1) is 0 Å². The molecule has 0 bridgehead atoms. The standard InChI is InChI=1S/C19H21NO7/c1-26-18-19(25,16(22)14(21)15(27-18)17(23)24)12-8-13-11(6-7-20-13)9-4-2-3-5-10(9)12/h2-5,8,14-16,18,20-22,25H,6-7H2,1H3,(H,23,24)/t14-,15+,16+,18-,19-/m1/s1. The van der Waals surface area contributed by atoms with Crippen LogP contribution in [-0.4, -0.2) is 64.7 Å². The van der Waals surface area contributed by atoms with E-state index in [0.717, 1.165) is 29.6 Å². The van der Waals surface area contributed by atoms with Crippen molar-refractivity contribution in [3.8, 4) is 0 Å². The molecule has 0 aromatic heterocycles. The first-order valence-corrected chi connectivity index (χ1v) is 8.68. The minimum absolute atomic E-state index is 0.300. The number of hydrogen-bond donors (Lipinski definition) is 5. The maximum atomic E-state index is 11.5. The second kappa shape index (κ2) is 6.43. The molecule has 5 N–H and O–H groups in total. The van der Waals surface area contributed by atoms with Crippen LogP contribution in [0.3, 0.4) is 0 Å². The lowest BCUT2D eigenvalue weighted by atomic mass is 9.78. The Morgan fingerprint density at radius 3 is 2.67 bits per heavy atom. The van der Waals surface area contributed by atoms with Crippen LogP contribution in [0.4, 0.5) is 5.69 Å². The minimum atomic E-state index is -2.17. The number of carboxylic acid groups (broad SMARTS) is 1. The summed E-state index contributed by atoms with van der Waals surface area (Å²) in [5.74, 6) is -1.45. The van der Waals surface area contributed by atoms with E-state index in [4.69, 9.17) is 9.47 Å². The average molecular weight is 375 g/mol. The Balaban J connectivity index is 1.94. The van der Waals surface area contributed by atoms with Crippen LogP contribution in [0.15, 0.2) is 30.3 Å². The largest absolute Gasteiger partial charge is 0.479 e. The Hall–Kier alpha value is -2.23. The van der Waals surface area contributed by atoms with Crippen molar-refractivity contribution in [3.63, 3.8) is 0 Å². The van der Waals surface area contributed by atoms with Gasteiger partial charge in [-0.15, -0.1) is 0 Å². The second-order valence-electron chi connectivity index (χ2n) is 6.90. The third-order valence-electron chi connectivity index (χ3n) is 5.45. The van der Waals surface area contributed by atoms with Gasteiger partial charge in [0.1, 0.15) is 12.2 Å². The highest BCUT2D eigenvalue weighted by molar-refractivity contribution is 5.94. The first kappa shape index (κ1) is 18.1. The fourth-order valence-corrected chi connectivity index (χ4v) is 4.12. The molecule has 0 radical (unpaired) electrons. The van der Waals surface area contributed by atoms with Crippen LogP contribution in [0.1, 0.15) is 11.1 Å². The van der Waals surface area contributed by atoms with E-state index >= 15 is 0 Å². The van der Waals surface area contributed by atoms with E-state index in [2.05, 4.69) is 5.32 Å². The monoisotopic (exact) mass is 375 g/mol. The molecule has 2 aliphatic rings. The van der Waals surface area contributed by atoms with Crippen LogP contribution in [0.25, 0.3) is 10.8 Å². The fourth-order valence-electron chi connectivity index (χ4n) is 4.12. The summed E-state index contributed by atoms with van der Waals surface area (Å²) in [6, 6.07) is 9.11. The number of fused-ring (bicyclic) bond motifs is 3. The van der Waals surface area contributed by atoms with Crippen molar-refractivity contribution in [2.45, 2.75) is 36.6 Å². The number of aliphatic hydroxyl groups is 3. The van der Waals surface area contributed by atoms with Gasteiger partial charge in [-0.1, -0.05) is 24.3 Å². The van der Waals surface area contributed by atoms with Crippen molar-refractivity contribution in [2.24, 2.45) is 0 Å². The van der Waals surface area contributed by atoms with Crippen LogP contribution in [0.2, 0.25) is 0 Å². The molecule has 27 heavy (non-hydrogen) atoms. The predicted molar refractivity (Wildman–Crippen MR) is 95.4 cm³/mol. The molecule has 5 atom stereocenters. The predicted octanol–water partition coefficient (Wildman–Crippen LogP) is 0.173. The number of aliphatic hydroxyl groups excluding tert-OH is 2. The molecule has 2 heterocycles. The lowest BCUT2D eigenvalue weighted by Crippen LogP contribution is -2.66. The molecule has 2 aliphatic heterocycles. The van der Waals surface area contributed by atoms with Gasteiger partial charge in [-0.3, -0.25) is 0 Å². The highest BCUT2D eigenvalue weighted by Gasteiger charge is 2.58. The van der Waals surface area contributed by atoms with Crippen molar-refractivity contribution in [1.29, 1.82) is 0 Å². The van der Waals surface area contributed by atoms with E-state index in [0.29, 0.717) is 10.9 Å². The number of ether oxygens (including phenoxy) is 2. The summed E-state index contributed by atoms with van der Waals surface area (Å²) in [6.07, 6.45) is -6.05. The highest BCUT2D eigenvalue weighted by Crippen LogP contribution is 2.44. The van der Waals surface area contributed by atoms with Gasteiger partial charge in [0.25, 0.3) is 0 Å². The molecular weight excluding hydrogens is 354 g/mol. The van der Waals surface area contributed by atoms with Crippen LogP contribution in [0.5, 0.6) is 0 Å². The zero-order valence-electron chi connectivity index (χ0n) is 14.6. The molecule has 4 rings (SSSR count). The van der Waals surface area contributed by atoms with Gasteiger partial charge in [0, 0.05) is 24.9 Å². The molecule has 0 unspecified atom stereocenters.